The Labute approximate surface area is 116 Å². The number of hydrogen-bond acceptors (Lipinski definition) is 4. The number of hydrogen-bond donors (Lipinski definition) is 2. The van der Waals surface area contributed by atoms with Crippen molar-refractivity contribution in [3.05, 3.63) is 35.6 Å². The Hall–Kier alpha value is -1.47. The first-order valence-electron chi connectivity index (χ1n) is 6.21. The Balaban J connectivity index is 2.50. The van der Waals surface area contributed by atoms with Crippen molar-refractivity contribution in [1.29, 1.82) is 0 Å². The van der Waals surface area contributed by atoms with Gasteiger partial charge in [0.15, 0.2) is 9.84 Å². The summed E-state index contributed by atoms with van der Waals surface area (Å²) >= 11 is 0. The predicted octanol–water partition coefficient (Wildman–Crippen LogP) is 0.756. The molecule has 0 unspecified atom stereocenters. The molecule has 0 bridgehead atoms. The van der Waals surface area contributed by atoms with Crippen LogP contribution in [0.15, 0.2) is 24.3 Å². The van der Waals surface area contributed by atoms with Crippen LogP contribution in [0.1, 0.15) is 18.4 Å². The van der Waals surface area contributed by atoms with E-state index in [1.165, 1.54) is 31.2 Å². The van der Waals surface area contributed by atoms with E-state index in [4.69, 9.17) is 5.73 Å². The van der Waals surface area contributed by atoms with Crippen LogP contribution in [-0.4, -0.2) is 37.0 Å². The minimum Gasteiger partial charge on any atom is -0.481 e. The van der Waals surface area contributed by atoms with Crippen LogP contribution in [0, 0.1) is 11.2 Å². The molecule has 1 aliphatic carbocycles. The molecule has 110 valence electrons. The van der Waals surface area contributed by atoms with E-state index < -0.39 is 38.2 Å². The second-order valence-corrected chi connectivity index (χ2v) is 7.36. The zero-order valence-electron chi connectivity index (χ0n) is 10.9. The number of halogens is 1. The van der Waals surface area contributed by atoms with Gasteiger partial charge in [0, 0.05) is 18.2 Å². The van der Waals surface area contributed by atoms with Gasteiger partial charge in [0.05, 0.1) is 5.25 Å². The van der Waals surface area contributed by atoms with Crippen LogP contribution in [0.25, 0.3) is 0 Å². The molecular weight excluding hydrogens is 285 g/mol. The highest BCUT2D eigenvalue weighted by atomic mass is 32.2. The van der Waals surface area contributed by atoms with Gasteiger partial charge < -0.3 is 10.8 Å². The van der Waals surface area contributed by atoms with E-state index in [9.17, 15) is 22.7 Å². The number of carboxylic acid groups (broad SMARTS) is 1. The van der Waals surface area contributed by atoms with Gasteiger partial charge in [-0.25, -0.2) is 12.8 Å². The van der Waals surface area contributed by atoms with E-state index >= 15 is 0 Å². The quantitative estimate of drug-likeness (QED) is 0.836. The van der Waals surface area contributed by atoms with Crippen LogP contribution < -0.4 is 5.73 Å². The number of carboxylic acids is 1. The topological polar surface area (TPSA) is 97.5 Å². The highest BCUT2D eigenvalue weighted by Gasteiger charge is 2.74. The number of carbonyl (C=O) groups is 1. The van der Waals surface area contributed by atoms with Crippen molar-refractivity contribution in [1.82, 2.24) is 0 Å². The molecule has 2 rings (SSSR count). The molecule has 20 heavy (non-hydrogen) atoms. The summed E-state index contributed by atoms with van der Waals surface area (Å²) in [5, 5.41) is 8.35. The molecular formula is C13H16FNO4S. The molecule has 0 amide bonds. The Kier molecular flexibility index (Phi) is 3.60. The SMILES string of the molecule is CCS(=O)(=O)[C@H]1[C@@H](c2ccc(F)cc2)[C@@]1(CN)C(=O)O. The van der Waals surface area contributed by atoms with Gasteiger partial charge in [-0.05, 0) is 17.7 Å². The van der Waals surface area contributed by atoms with E-state index in [0.29, 0.717) is 5.56 Å². The molecule has 1 fully saturated rings. The number of aliphatic carboxylic acids is 1. The fraction of sp³-hybridized carbons (Fsp3) is 0.462. The maximum atomic E-state index is 12.9. The van der Waals surface area contributed by atoms with Crippen LogP contribution in [0.5, 0.6) is 0 Å². The second-order valence-electron chi connectivity index (χ2n) is 4.95. The van der Waals surface area contributed by atoms with Gasteiger partial charge in [0.2, 0.25) is 0 Å². The van der Waals surface area contributed by atoms with Gasteiger partial charge in [0.1, 0.15) is 11.2 Å². The van der Waals surface area contributed by atoms with Gasteiger partial charge in [-0.2, -0.15) is 0 Å². The zero-order chi connectivity index (χ0) is 15.1. The average molecular weight is 301 g/mol. The molecule has 0 radical (unpaired) electrons. The molecule has 7 heteroatoms. The monoisotopic (exact) mass is 301 g/mol. The molecule has 1 saturated carbocycles. The van der Waals surface area contributed by atoms with Crippen molar-refractivity contribution < 1.29 is 22.7 Å². The number of nitrogens with two attached hydrogens (primary N) is 1. The van der Waals surface area contributed by atoms with Crippen molar-refractivity contribution in [3.63, 3.8) is 0 Å². The molecule has 0 spiro atoms. The first kappa shape index (κ1) is 14.9. The van der Waals surface area contributed by atoms with Crippen molar-refractivity contribution in [3.8, 4) is 0 Å². The van der Waals surface area contributed by atoms with Crippen LogP contribution in [-0.2, 0) is 14.6 Å². The third kappa shape index (κ3) is 2.01. The van der Waals surface area contributed by atoms with E-state index in [1.807, 2.05) is 0 Å². The second kappa shape index (κ2) is 4.82. The van der Waals surface area contributed by atoms with E-state index in [0.717, 1.165) is 0 Å². The smallest absolute Gasteiger partial charge is 0.312 e. The lowest BCUT2D eigenvalue weighted by Crippen LogP contribution is -2.32. The van der Waals surface area contributed by atoms with Crippen LogP contribution in [0.2, 0.25) is 0 Å². The highest BCUT2D eigenvalue weighted by molar-refractivity contribution is 7.92. The fourth-order valence-corrected chi connectivity index (χ4v) is 4.92. The summed E-state index contributed by atoms with van der Waals surface area (Å²) in [6.45, 7) is 1.20. The number of benzene rings is 1. The summed E-state index contributed by atoms with van der Waals surface area (Å²) in [5.41, 5.74) is 4.53. The molecule has 0 saturated heterocycles. The third-order valence-corrected chi connectivity index (χ3v) is 6.28. The Morgan fingerprint density at radius 2 is 1.95 bits per heavy atom. The summed E-state index contributed by atoms with van der Waals surface area (Å²) in [7, 11) is -3.55. The maximum Gasteiger partial charge on any atom is 0.312 e. The molecule has 3 N–H and O–H groups in total. The summed E-state index contributed by atoms with van der Waals surface area (Å²) in [4.78, 5) is 11.5. The Bertz CT molecular complexity index is 628. The van der Waals surface area contributed by atoms with E-state index in [-0.39, 0.29) is 12.3 Å². The first-order chi connectivity index (χ1) is 9.31. The average Bonchev–Trinajstić information content (AvgIpc) is 3.11. The Morgan fingerprint density at radius 3 is 2.35 bits per heavy atom. The van der Waals surface area contributed by atoms with Crippen LogP contribution >= 0.6 is 0 Å². The molecule has 3 atom stereocenters. The largest absolute Gasteiger partial charge is 0.481 e. The van der Waals surface area contributed by atoms with E-state index in [2.05, 4.69) is 0 Å². The summed E-state index contributed by atoms with van der Waals surface area (Å²) in [6, 6.07) is 5.20. The van der Waals surface area contributed by atoms with E-state index in [1.54, 1.807) is 0 Å². The molecule has 5 nitrogen and oxygen atoms in total. The number of rotatable bonds is 5. The van der Waals surface area contributed by atoms with Crippen LogP contribution in [0.3, 0.4) is 0 Å². The standard InChI is InChI=1S/C13H16FNO4S/c1-2-20(18,19)11-10(13(11,7-15)12(16)17)8-3-5-9(14)6-4-8/h3-6,10-11H,2,7,15H2,1H3,(H,16,17)/t10-,11+,13-/m1/s1. The van der Waals surface area contributed by atoms with Crippen LogP contribution in [0.4, 0.5) is 4.39 Å². The first-order valence-corrected chi connectivity index (χ1v) is 7.93. The van der Waals surface area contributed by atoms with Crippen molar-refractivity contribution in [2.45, 2.75) is 18.1 Å². The van der Waals surface area contributed by atoms with Gasteiger partial charge >= 0.3 is 5.97 Å². The lowest BCUT2D eigenvalue weighted by Gasteiger charge is -2.09. The lowest BCUT2D eigenvalue weighted by atomic mass is 9.99. The van der Waals surface area contributed by atoms with Crippen molar-refractivity contribution >= 4 is 15.8 Å². The summed E-state index contributed by atoms with van der Waals surface area (Å²) in [5.74, 6) is -2.56. The molecule has 0 aliphatic heterocycles. The summed E-state index contributed by atoms with van der Waals surface area (Å²) < 4.78 is 37.1. The van der Waals surface area contributed by atoms with Gasteiger partial charge in [-0.3, -0.25) is 4.79 Å². The predicted molar refractivity (Wildman–Crippen MR) is 71.5 cm³/mol. The van der Waals surface area contributed by atoms with Gasteiger partial charge in [-0.15, -0.1) is 0 Å². The molecule has 0 aromatic heterocycles. The van der Waals surface area contributed by atoms with Gasteiger partial charge in [-0.1, -0.05) is 19.1 Å². The van der Waals surface area contributed by atoms with Crippen molar-refractivity contribution in [2.75, 3.05) is 12.3 Å². The number of sulfone groups is 1. The lowest BCUT2D eigenvalue weighted by molar-refractivity contribution is -0.143. The highest BCUT2D eigenvalue weighted by Crippen LogP contribution is 2.62. The normalized spacial score (nSPS) is 29.1. The maximum absolute atomic E-state index is 12.9. The summed E-state index contributed by atoms with van der Waals surface area (Å²) in [6.07, 6.45) is 0. The molecule has 1 aromatic carbocycles. The third-order valence-electron chi connectivity index (χ3n) is 4.01. The minimum absolute atomic E-state index is 0.148. The molecule has 1 aromatic rings. The Morgan fingerprint density at radius 1 is 1.40 bits per heavy atom. The molecule has 0 heterocycles. The zero-order valence-corrected chi connectivity index (χ0v) is 11.7. The van der Waals surface area contributed by atoms with Gasteiger partial charge in [0.25, 0.3) is 0 Å². The minimum atomic E-state index is -3.55. The van der Waals surface area contributed by atoms with Crippen molar-refractivity contribution in [2.24, 2.45) is 11.1 Å². The molecule has 1 aliphatic rings. The fourth-order valence-electron chi connectivity index (χ4n) is 2.84.